The highest BCUT2D eigenvalue weighted by atomic mass is 16.5. The van der Waals surface area contributed by atoms with Crippen molar-refractivity contribution < 1.29 is 38.4 Å². The van der Waals surface area contributed by atoms with Gasteiger partial charge in [-0.2, -0.15) is 5.10 Å². The summed E-state index contributed by atoms with van der Waals surface area (Å²) in [4.78, 5) is 36.8. The fourth-order valence-electron chi connectivity index (χ4n) is 5.78. The molecule has 1 aliphatic rings. The number of benzene rings is 3. The maximum atomic E-state index is 12.5. The van der Waals surface area contributed by atoms with Gasteiger partial charge >= 0.3 is 18.0 Å². The van der Waals surface area contributed by atoms with Crippen LogP contribution in [0.4, 0.5) is 4.79 Å². The third kappa shape index (κ3) is 7.90. The number of methoxy groups -OCH3 is 1. The highest BCUT2D eigenvalue weighted by molar-refractivity contribution is 6.01. The quantitative estimate of drug-likeness (QED) is 0.0639. The predicted molar refractivity (Wildman–Crippen MR) is 187 cm³/mol. The molecule has 4 N–H and O–H groups in total. The molecule has 1 aliphatic heterocycles. The molecular weight excluding hydrogens is 642 g/mol. The van der Waals surface area contributed by atoms with Crippen molar-refractivity contribution in [2.24, 2.45) is 5.10 Å². The van der Waals surface area contributed by atoms with E-state index in [1.54, 1.807) is 50.4 Å². The molecule has 0 unspecified atom stereocenters. The number of ether oxygens (including phenoxy) is 4. The summed E-state index contributed by atoms with van der Waals surface area (Å²) in [7, 11) is 1.28. The summed E-state index contributed by atoms with van der Waals surface area (Å²) in [6.07, 6.45) is 0.510. The zero-order chi connectivity index (χ0) is 35.8. The highest BCUT2D eigenvalue weighted by Gasteiger charge is 2.32. The minimum Gasteiger partial charge on any atom is -0.490 e. The monoisotopic (exact) mass is 683 g/mol. The fourth-order valence-corrected chi connectivity index (χ4v) is 5.78. The number of amides is 2. The molecule has 13 nitrogen and oxygen atoms in total. The Balaban J connectivity index is 1.27. The van der Waals surface area contributed by atoms with Crippen molar-refractivity contribution in [3.05, 3.63) is 106 Å². The van der Waals surface area contributed by atoms with Gasteiger partial charge in [0.25, 0.3) is 0 Å². The van der Waals surface area contributed by atoms with Crippen molar-refractivity contribution in [2.75, 3.05) is 26.9 Å². The van der Waals surface area contributed by atoms with Crippen LogP contribution in [-0.2, 0) is 20.8 Å². The molecule has 0 spiro atoms. The average molecular weight is 684 g/mol. The minimum absolute atomic E-state index is 0.157. The van der Waals surface area contributed by atoms with Gasteiger partial charge in [0, 0.05) is 34.4 Å². The number of hydrogen-bond acceptors (Lipinski definition) is 10. The van der Waals surface area contributed by atoms with Gasteiger partial charge in [0.1, 0.15) is 6.61 Å². The fraction of sp³-hybridized carbons (Fsp3) is 0.297. The molecule has 1 aromatic heterocycles. The number of carbonyl (C=O) groups is 3. The normalized spacial score (nSPS) is 15.0. The number of allylic oxidation sites excluding steroid dienone is 1. The number of urea groups is 1. The molecular formula is C37H41N5O8. The summed E-state index contributed by atoms with van der Waals surface area (Å²) in [5.74, 6) is -0.195. The van der Waals surface area contributed by atoms with Crippen molar-refractivity contribution in [3.63, 3.8) is 0 Å². The molecule has 0 saturated carbocycles. The topological polar surface area (TPSA) is 162 Å². The lowest BCUT2D eigenvalue weighted by Crippen LogP contribution is -2.45. The lowest BCUT2D eigenvalue weighted by Gasteiger charge is -2.28. The standard InChI is InChI=1S/C37H41N5O8/c1-6-48-31-18-26(34-33(36(45)47-5)22(3)39-37(46)40-34)16-17-30(31)50-21-32(43)41-38-19-28-23(4)42(29-11-9-8-10-27(28)29)20-24-12-14-25(15-13-24)35(44)49-7-2/h8-19,32,34,41,43H,6-7,20-21H2,1-5H3,(H2,39,40,46)/b38-19+/t32-,34+/m1/s1. The van der Waals surface area contributed by atoms with Crippen molar-refractivity contribution >= 4 is 35.1 Å². The number of carbonyl (C=O) groups excluding carboxylic acids is 3. The van der Waals surface area contributed by atoms with Crippen molar-refractivity contribution in [1.29, 1.82) is 0 Å². The van der Waals surface area contributed by atoms with E-state index in [0.29, 0.717) is 48.1 Å². The van der Waals surface area contributed by atoms with E-state index in [2.05, 4.69) is 25.7 Å². The Kier molecular flexibility index (Phi) is 11.4. The number of hydrogen-bond donors (Lipinski definition) is 4. The van der Waals surface area contributed by atoms with E-state index in [4.69, 9.17) is 18.9 Å². The number of aromatic nitrogens is 1. The molecule has 50 heavy (non-hydrogen) atoms. The molecule has 2 atom stereocenters. The summed E-state index contributed by atoms with van der Waals surface area (Å²) >= 11 is 0. The number of esters is 2. The Labute approximate surface area is 289 Å². The second-order valence-corrected chi connectivity index (χ2v) is 11.4. The summed E-state index contributed by atoms with van der Waals surface area (Å²) in [5.41, 5.74) is 8.37. The third-order valence-corrected chi connectivity index (χ3v) is 8.17. The molecule has 2 heterocycles. The molecule has 5 rings (SSSR count). The van der Waals surface area contributed by atoms with Gasteiger partial charge in [0.2, 0.25) is 0 Å². The lowest BCUT2D eigenvalue weighted by atomic mass is 9.95. The number of nitrogens with zero attached hydrogens (tertiary/aromatic N) is 2. The first kappa shape index (κ1) is 35.5. The number of aliphatic hydroxyl groups is 1. The second kappa shape index (κ2) is 16.1. The Morgan fingerprint density at radius 3 is 2.48 bits per heavy atom. The molecule has 2 amide bonds. The zero-order valence-electron chi connectivity index (χ0n) is 28.6. The van der Waals surface area contributed by atoms with Gasteiger partial charge < -0.3 is 39.3 Å². The van der Waals surface area contributed by atoms with Crippen LogP contribution in [0.5, 0.6) is 11.5 Å². The summed E-state index contributed by atoms with van der Waals surface area (Å²) in [6.45, 7) is 8.31. The van der Waals surface area contributed by atoms with Crippen LogP contribution < -0.4 is 25.5 Å². The van der Waals surface area contributed by atoms with Crippen LogP contribution in [0.15, 0.2) is 83.1 Å². The molecule has 0 saturated heterocycles. The predicted octanol–water partition coefficient (Wildman–Crippen LogP) is 4.70. The molecule has 0 aliphatic carbocycles. The van der Waals surface area contributed by atoms with Gasteiger partial charge in [0.05, 0.1) is 43.7 Å². The first-order valence-corrected chi connectivity index (χ1v) is 16.2. The number of aliphatic hydroxyl groups excluding tert-OH is 1. The van der Waals surface area contributed by atoms with E-state index in [-0.39, 0.29) is 18.1 Å². The van der Waals surface area contributed by atoms with E-state index in [9.17, 15) is 19.5 Å². The Bertz CT molecular complexity index is 1930. The molecule has 13 heteroatoms. The SMILES string of the molecule is CCOC(=O)c1ccc(Cn2c(C)c(/C=N/N[C@H](O)COc3ccc([C@@H]4NC(=O)NC(C)=C4C(=O)OC)cc3OCC)c3ccccc32)cc1. The van der Waals surface area contributed by atoms with Crippen LogP contribution in [0.25, 0.3) is 10.9 Å². The summed E-state index contributed by atoms with van der Waals surface area (Å²) in [6, 6.07) is 19.2. The van der Waals surface area contributed by atoms with Crippen LogP contribution in [0, 0.1) is 6.92 Å². The lowest BCUT2D eigenvalue weighted by molar-refractivity contribution is -0.136. The molecule has 262 valence electrons. The molecule has 0 bridgehead atoms. The Hall–Kier alpha value is -5.82. The number of hydrazone groups is 1. The average Bonchev–Trinajstić information content (AvgIpc) is 3.37. The smallest absolute Gasteiger partial charge is 0.338 e. The largest absolute Gasteiger partial charge is 0.490 e. The number of rotatable bonds is 14. The molecule has 0 radical (unpaired) electrons. The number of nitrogens with one attached hydrogen (secondary N) is 3. The van der Waals surface area contributed by atoms with Gasteiger partial charge in [-0.1, -0.05) is 36.4 Å². The van der Waals surface area contributed by atoms with E-state index in [0.717, 1.165) is 27.7 Å². The minimum atomic E-state index is -1.16. The second-order valence-electron chi connectivity index (χ2n) is 11.4. The van der Waals surface area contributed by atoms with Crippen LogP contribution in [0.2, 0.25) is 0 Å². The summed E-state index contributed by atoms with van der Waals surface area (Å²) < 4.78 is 23.9. The van der Waals surface area contributed by atoms with Crippen LogP contribution >= 0.6 is 0 Å². The van der Waals surface area contributed by atoms with Crippen LogP contribution in [0.1, 0.15) is 59.6 Å². The van der Waals surface area contributed by atoms with Gasteiger partial charge in [-0.3, -0.25) is 5.43 Å². The van der Waals surface area contributed by atoms with E-state index in [1.807, 2.05) is 50.2 Å². The van der Waals surface area contributed by atoms with Crippen LogP contribution in [0.3, 0.4) is 0 Å². The maximum Gasteiger partial charge on any atom is 0.338 e. The highest BCUT2D eigenvalue weighted by Crippen LogP contribution is 2.35. The van der Waals surface area contributed by atoms with Crippen molar-refractivity contribution in [1.82, 2.24) is 20.6 Å². The first-order valence-electron chi connectivity index (χ1n) is 16.2. The number of para-hydroxylation sites is 1. The van der Waals surface area contributed by atoms with E-state index >= 15 is 0 Å². The van der Waals surface area contributed by atoms with Gasteiger partial charge in [0.15, 0.2) is 17.7 Å². The molecule has 0 fully saturated rings. The van der Waals surface area contributed by atoms with Crippen LogP contribution in [-0.4, -0.2) is 67.0 Å². The zero-order valence-corrected chi connectivity index (χ0v) is 28.6. The van der Waals surface area contributed by atoms with E-state index < -0.39 is 24.3 Å². The van der Waals surface area contributed by atoms with Gasteiger partial charge in [-0.15, -0.1) is 0 Å². The van der Waals surface area contributed by atoms with Crippen molar-refractivity contribution in [3.8, 4) is 11.5 Å². The Morgan fingerprint density at radius 1 is 1.00 bits per heavy atom. The molecule has 4 aromatic rings. The Morgan fingerprint density at radius 2 is 1.76 bits per heavy atom. The molecule has 3 aromatic carbocycles. The van der Waals surface area contributed by atoms with Gasteiger partial charge in [-0.05, 0) is 69.2 Å². The number of fused-ring (bicyclic) bond motifs is 1. The third-order valence-electron chi connectivity index (χ3n) is 8.17. The van der Waals surface area contributed by atoms with Crippen molar-refractivity contribution in [2.45, 2.75) is 46.5 Å². The van der Waals surface area contributed by atoms with Gasteiger partial charge in [-0.25, -0.2) is 14.4 Å². The van der Waals surface area contributed by atoms with E-state index in [1.165, 1.54) is 7.11 Å². The maximum absolute atomic E-state index is 12.5. The first-order chi connectivity index (χ1) is 24.1. The summed E-state index contributed by atoms with van der Waals surface area (Å²) in [5, 5.41) is 21.4.